The number of ether oxygens (including phenoxy) is 1. The Labute approximate surface area is 152 Å². The Kier molecular flexibility index (Phi) is 6.01. The number of carboxylic acid groups (broad SMARTS) is 1. The van der Waals surface area contributed by atoms with E-state index in [0.29, 0.717) is 5.75 Å². The van der Waals surface area contributed by atoms with Gasteiger partial charge in [-0.25, -0.2) is 4.79 Å². The summed E-state index contributed by atoms with van der Waals surface area (Å²) in [6.45, 7) is -0.315. The minimum Gasteiger partial charge on any atom is -0.482 e. The van der Waals surface area contributed by atoms with Crippen molar-refractivity contribution < 1.29 is 62.4 Å². The van der Waals surface area contributed by atoms with Gasteiger partial charge in [-0.1, -0.05) is 12.1 Å². The predicted molar refractivity (Wildman–Crippen MR) is 78.7 cm³/mol. The summed E-state index contributed by atoms with van der Waals surface area (Å²) < 4.78 is 65.5. The number of halogens is 7. The minimum atomic E-state index is -10.7. The van der Waals surface area contributed by atoms with E-state index in [0.717, 1.165) is 11.1 Å². The maximum absolute atomic E-state index is 10.7. The molecule has 1 N–H and O–H groups in total. The summed E-state index contributed by atoms with van der Waals surface area (Å²) in [4.78, 5) is 10.4. The molecule has 0 heterocycles. The summed E-state index contributed by atoms with van der Waals surface area (Å²) in [6.07, 6.45) is 0. The first kappa shape index (κ1) is 21.5. The first-order chi connectivity index (χ1) is 11.1. The van der Waals surface area contributed by atoms with Crippen LogP contribution in [-0.2, 0) is 4.79 Å². The van der Waals surface area contributed by atoms with Crippen molar-refractivity contribution >= 4 is 13.8 Å². The van der Waals surface area contributed by atoms with Crippen molar-refractivity contribution in [1.82, 2.24) is 0 Å². The molecule has 11 heteroatoms. The van der Waals surface area contributed by atoms with Gasteiger partial charge in [-0.2, -0.15) is 0 Å². The summed E-state index contributed by atoms with van der Waals surface area (Å²) in [5.41, 5.74) is 2.21. The van der Waals surface area contributed by atoms with Gasteiger partial charge in [-0.15, -0.1) is 0 Å². The van der Waals surface area contributed by atoms with Gasteiger partial charge >= 0.3 is 39.0 Å². The van der Waals surface area contributed by atoms with E-state index in [9.17, 15) is 30.0 Å². The van der Waals surface area contributed by atoms with Crippen LogP contribution in [0.15, 0.2) is 48.5 Å². The van der Waals surface area contributed by atoms with Gasteiger partial charge in [-0.05, 0) is 47.5 Å². The fraction of sp³-hybridized carbons (Fsp3) is 0.0714. The first-order valence-corrected chi connectivity index (χ1v) is 9.58. The molecular weight excluding hydrogens is 488 g/mol. The quantitative estimate of drug-likeness (QED) is 0.399. The van der Waals surface area contributed by atoms with E-state index in [-0.39, 0.29) is 6.61 Å². The molecular formula is C14H12F6IO3P. The first-order valence-electron chi connectivity index (χ1n) is 6.39. The van der Waals surface area contributed by atoms with Gasteiger partial charge in [0.25, 0.3) is 22.6 Å². The van der Waals surface area contributed by atoms with Crippen molar-refractivity contribution in [2.24, 2.45) is 0 Å². The standard InChI is InChI=1S/C14H11IO3.F6P/c15-12-5-1-10(2-6-12)11-3-7-13(8-4-11)18-9-14(16)17;1-7(2,3,4,5)6/h1-8,15H,9H2;/q;-1/p+1. The second kappa shape index (κ2) is 6.99. The Hall–Kier alpha value is -1.55. The smallest absolute Gasteiger partial charge is 0.341 e. The van der Waals surface area contributed by atoms with Gasteiger partial charge in [0.15, 0.2) is 10.2 Å². The Morgan fingerprint density at radius 2 is 1.24 bits per heavy atom. The fourth-order valence-corrected chi connectivity index (χ4v) is 1.92. The van der Waals surface area contributed by atoms with Crippen molar-refractivity contribution in [3.05, 3.63) is 52.1 Å². The van der Waals surface area contributed by atoms with Gasteiger partial charge in [-0.3, -0.25) is 0 Å². The maximum Gasteiger partial charge on any atom is 0.341 e. The van der Waals surface area contributed by atoms with Crippen molar-refractivity contribution in [2.45, 2.75) is 0 Å². The van der Waals surface area contributed by atoms with Crippen LogP contribution in [0.25, 0.3) is 11.1 Å². The molecule has 0 bridgehead atoms. The van der Waals surface area contributed by atoms with Crippen LogP contribution in [-0.4, -0.2) is 17.7 Å². The van der Waals surface area contributed by atoms with E-state index in [1.165, 1.54) is 3.57 Å². The van der Waals surface area contributed by atoms with Crippen LogP contribution in [0, 0.1) is 3.57 Å². The number of benzene rings is 2. The summed E-state index contributed by atoms with van der Waals surface area (Å²) >= 11 is 1.98. The molecule has 0 saturated heterocycles. The fourth-order valence-electron chi connectivity index (χ4n) is 1.54. The molecule has 0 aromatic heterocycles. The van der Waals surface area contributed by atoms with Gasteiger partial charge in [0, 0.05) is 0 Å². The van der Waals surface area contributed by atoms with Gasteiger partial charge in [0.05, 0.1) is 0 Å². The normalized spacial score (nSPS) is 13.7. The molecule has 0 aliphatic heterocycles. The van der Waals surface area contributed by atoms with Crippen LogP contribution in [0.4, 0.5) is 25.2 Å². The number of hydrogen-bond donors (Lipinski definition) is 1. The number of carbonyl (C=O) groups is 1. The molecule has 2 aromatic carbocycles. The molecule has 3 nitrogen and oxygen atoms in total. The Balaban J connectivity index is 0.000000381. The zero-order chi connectivity index (χ0) is 19.4. The van der Waals surface area contributed by atoms with Gasteiger partial charge in [0.1, 0.15) is 5.75 Å². The SMILES string of the molecule is F[P-](F)(F)(F)(F)F.O=C(O)COc1ccc(-c2ccc([IH+])cc2)cc1. The molecule has 2 rings (SSSR count). The molecule has 0 aliphatic carbocycles. The van der Waals surface area contributed by atoms with Crippen LogP contribution in [0.2, 0.25) is 0 Å². The number of carboxylic acids is 1. The summed E-state index contributed by atoms with van der Waals surface area (Å²) in [5.74, 6) is -0.410. The van der Waals surface area contributed by atoms with Crippen LogP contribution in [0.1, 0.15) is 0 Å². The molecule has 0 unspecified atom stereocenters. The van der Waals surface area contributed by atoms with E-state index in [2.05, 4.69) is 24.3 Å². The van der Waals surface area contributed by atoms with Crippen molar-refractivity contribution in [3.63, 3.8) is 0 Å². The summed E-state index contributed by atoms with van der Waals surface area (Å²) in [5, 5.41) is 8.51. The zero-order valence-electron chi connectivity index (χ0n) is 12.2. The molecule has 2 aromatic rings. The molecule has 140 valence electrons. The topological polar surface area (TPSA) is 46.5 Å². The Morgan fingerprint density at radius 3 is 1.60 bits per heavy atom. The van der Waals surface area contributed by atoms with E-state index in [4.69, 9.17) is 9.84 Å². The molecule has 0 amide bonds. The second-order valence-electron chi connectivity index (χ2n) is 4.69. The van der Waals surface area contributed by atoms with E-state index >= 15 is 0 Å². The Bertz CT molecular complexity index is 719. The minimum absolute atomic E-state index is 0.315. The third-order valence-electron chi connectivity index (χ3n) is 2.40. The average molecular weight is 500 g/mol. The van der Waals surface area contributed by atoms with Crippen LogP contribution < -0.4 is 27.3 Å². The van der Waals surface area contributed by atoms with Crippen molar-refractivity contribution in [2.75, 3.05) is 6.61 Å². The molecule has 0 fully saturated rings. The number of hydrogen-bond acceptors (Lipinski definition) is 2. The van der Waals surface area contributed by atoms with Gasteiger partial charge < -0.3 is 9.84 Å². The third kappa shape index (κ3) is 12.5. The van der Waals surface area contributed by atoms with E-state index < -0.39 is 13.8 Å². The number of rotatable bonds is 4. The van der Waals surface area contributed by atoms with Crippen LogP contribution in [0.5, 0.6) is 5.75 Å². The summed E-state index contributed by atoms with van der Waals surface area (Å²) in [7, 11) is -10.7. The monoisotopic (exact) mass is 500 g/mol. The Morgan fingerprint density at radius 1 is 0.880 bits per heavy atom. The maximum atomic E-state index is 10.4. The average Bonchev–Trinajstić information content (AvgIpc) is 2.43. The van der Waals surface area contributed by atoms with Crippen LogP contribution >= 0.6 is 7.81 Å². The van der Waals surface area contributed by atoms with Crippen LogP contribution in [0.3, 0.4) is 0 Å². The molecule has 0 radical (unpaired) electrons. The largest absolute Gasteiger partial charge is 0.482 e. The van der Waals surface area contributed by atoms with Crippen molar-refractivity contribution in [3.8, 4) is 16.9 Å². The third-order valence-corrected chi connectivity index (χ3v) is 3.18. The van der Waals surface area contributed by atoms with Gasteiger partial charge in [0.2, 0.25) is 0 Å². The number of aliphatic carboxylic acids is 1. The zero-order valence-corrected chi connectivity index (χ0v) is 15.4. The van der Waals surface area contributed by atoms with Crippen molar-refractivity contribution in [1.29, 1.82) is 0 Å². The van der Waals surface area contributed by atoms with E-state index in [1.807, 2.05) is 34.7 Å². The van der Waals surface area contributed by atoms with E-state index in [1.54, 1.807) is 12.1 Å². The molecule has 0 saturated carbocycles. The molecule has 25 heavy (non-hydrogen) atoms. The molecule has 0 spiro atoms. The molecule has 0 aliphatic rings. The second-order valence-corrected chi connectivity index (χ2v) is 7.95. The summed E-state index contributed by atoms with van der Waals surface area (Å²) in [6, 6.07) is 15.6. The molecule has 0 atom stereocenters. The predicted octanol–water partition coefficient (Wildman–Crippen LogP) is 2.65.